The lowest BCUT2D eigenvalue weighted by Crippen LogP contribution is -2.34. The number of unbranched alkanes of at least 4 members (excludes halogenated alkanes) is 1. The Balaban J connectivity index is 1.30. The van der Waals surface area contributed by atoms with Crippen LogP contribution in [-0.2, 0) is 6.42 Å². The average molecular weight is 404 g/mol. The van der Waals surface area contributed by atoms with Gasteiger partial charge >= 0.3 is 0 Å². The van der Waals surface area contributed by atoms with E-state index in [4.69, 9.17) is 5.73 Å². The van der Waals surface area contributed by atoms with Crippen LogP contribution in [0.3, 0.4) is 0 Å². The summed E-state index contributed by atoms with van der Waals surface area (Å²) in [6.45, 7) is 6.31. The van der Waals surface area contributed by atoms with Gasteiger partial charge in [-0.1, -0.05) is 36.8 Å². The molecule has 2 fully saturated rings. The van der Waals surface area contributed by atoms with Gasteiger partial charge in [-0.3, -0.25) is 4.90 Å². The van der Waals surface area contributed by atoms with E-state index < -0.39 is 0 Å². The number of likely N-dealkylation sites (tertiary alicyclic amines) is 1. The third-order valence-corrected chi connectivity index (χ3v) is 7.62. The lowest BCUT2D eigenvalue weighted by Gasteiger charge is -2.38. The van der Waals surface area contributed by atoms with Crippen LogP contribution in [0.25, 0.3) is 0 Å². The van der Waals surface area contributed by atoms with Crippen molar-refractivity contribution in [3.63, 3.8) is 0 Å². The Morgan fingerprint density at radius 3 is 2.63 bits per heavy atom. The molecule has 3 nitrogen and oxygen atoms in total. The molecular formula is C27H37N3. The molecule has 0 radical (unpaired) electrons. The summed E-state index contributed by atoms with van der Waals surface area (Å²) in [6, 6.07) is 16.6. The van der Waals surface area contributed by atoms with Gasteiger partial charge in [-0.2, -0.15) is 0 Å². The number of benzene rings is 2. The number of hydrogen-bond donors (Lipinski definition) is 1. The highest BCUT2D eigenvalue weighted by Gasteiger charge is 2.36. The Labute approximate surface area is 182 Å². The van der Waals surface area contributed by atoms with Crippen molar-refractivity contribution < 1.29 is 0 Å². The number of aryl methyl sites for hydroxylation is 1. The summed E-state index contributed by atoms with van der Waals surface area (Å²) in [7, 11) is 0. The maximum atomic E-state index is 6.12. The molecule has 0 aromatic heterocycles. The van der Waals surface area contributed by atoms with E-state index in [0.717, 1.165) is 12.2 Å². The van der Waals surface area contributed by atoms with Crippen molar-refractivity contribution in [1.29, 1.82) is 0 Å². The van der Waals surface area contributed by atoms with Crippen LogP contribution in [0.5, 0.6) is 0 Å². The van der Waals surface area contributed by atoms with Gasteiger partial charge < -0.3 is 10.6 Å². The van der Waals surface area contributed by atoms with Crippen molar-refractivity contribution in [3.8, 4) is 0 Å². The highest BCUT2D eigenvalue weighted by atomic mass is 15.2. The Hall–Kier alpha value is -1.84. The highest BCUT2D eigenvalue weighted by Crippen LogP contribution is 2.44. The quantitative estimate of drug-likeness (QED) is 0.520. The van der Waals surface area contributed by atoms with E-state index in [9.17, 15) is 0 Å². The van der Waals surface area contributed by atoms with Gasteiger partial charge in [0.25, 0.3) is 0 Å². The minimum Gasteiger partial charge on any atom is -0.399 e. The van der Waals surface area contributed by atoms with Gasteiger partial charge in [0.2, 0.25) is 0 Å². The number of nitrogens with zero attached hydrogens (tertiary/aromatic N) is 2. The van der Waals surface area contributed by atoms with Crippen LogP contribution in [0, 0.1) is 0 Å². The van der Waals surface area contributed by atoms with E-state index in [1.807, 2.05) is 6.07 Å². The molecule has 0 amide bonds. The first-order valence-corrected chi connectivity index (χ1v) is 12.2. The summed E-state index contributed by atoms with van der Waals surface area (Å²) < 4.78 is 0. The number of anilines is 1. The summed E-state index contributed by atoms with van der Waals surface area (Å²) in [5, 5.41) is 0. The predicted molar refractivity (Wildman–Crippen MR) is 126 cm³/mol. The Kier molecular flexibility index (Phi) is 6.10. The molecule has 3 aliphatic heterocycles. The topological polar surface area (TPSA) is 32.5 Å². The molecule has 0 bridgehead atoms. The predicted octanol–water partition coefficient (Wildman–Crippen LogP) is 5.36. The van der Waals surface area contributed by atoms with Gasteiger partial charge in [0.1, 0.15) is 0 Å². The van der Waals surface area contributed by atoms with Crippen LogP contribution in [-0.4, -0.2) is 42.5 Å². The molecule has 0 saturated carbocycles. The number of rotatable bonds is 6. The minimum atomic E-state index is 0.450. The standard InChI is InChI=1S/C27H37N3/c28-23-10-6-9-22(19-23)26-20-30-17-7-11-27(30)25-18-21(12-13-24(25)26)8-2-5-16-29-14-3-1-4-15-29/h6,9-10,12-13,18-19,26-27H,1-5,7-8,11,14-17,20,28H2. The molecular weight excluding hydrogens is 366 g/mol. The molecule has 3 aliphatic rings. The second kappa shape index (κ2) is 9.11. The molecule has 0 aliphatic carbocycles. The maximum absolute atomic E-state index is 6.12. The zero-order chi connectivity index (χ0) is 20.3. The fraction of sp³-hybridized carbons (Fsp3) is 0.556. The monoisotopic (exact) mass is 403 g/mol. The zero-order valence-electron chi connectivity index (χ0n) is 18.4. The minimum absolute atomic E-state index is 0.450. The zero-order valence-corrected chi connectivity index (χ0v) is 18.4. The second-order valence-corrected chi connectivity index (χ2v) is 9.70. The number of nitrogens with two attached hydrogens (primary N) is 1. The highest BCUT2D eigenvalue weighted by molar-refractivity contribution is 5.49. The molecule has 3 heterocycles. The van der Waals surface area contributed by atoms with Gasteiger partial charge in [0, 0.05) is 24.2 Å². The first-order valence-electron chi connectivity index (χ1n) is 12.2. The molecule has 3 heteroatoms. The van der Waals surface area contributed by atoms with Crippen molar-refractivity contribution in [2.75, 3.05) is 38.5 Å². The normalized spacial score (nSPS) is 24.5. The van der Waals surface area contributed by atoms with Crippen molar-refractivity contribution in [2.45, 2.75) is 63.3 Å². The van der Waals surface area contributed by atoms with E-state index >= 15 is 0 Å². The average Bonchev–Trinajstić information content (AvgIpc) is 3.26. The first kappa shape index (κ1) is 20.1. The largest absolute Gasteiger partial charge is 0.399 e. The third-order valence-electron chi connectivity index (χ3n) is 7.62. The molecule has 30 heavy (non-hydrogen) atoms. The summed E-state index contributed by atoms with van der Waals surface area (Å²) in [5.41, 5.74) is 13.0. The van der Waals surface area contributed by atoms with Crippen LogP contribution in [0.15, 0.2) is 42.5 Å². The van der Waals surface area contributed by atoms with Crippen molar-refractivity contribution in [3.05, 3.63) is 64.7 Å². The molecule has 2 aromatic carbocycles. The number of piperidine rings is 1. The van der Waals surface area contributed by atoms with Crippen molar-refractivity contribution in [1.82, 2.24) is 9.80 Å². The summed E-state index contributed by atoms with van der Waals surface area (Å²) in [6.07, 6.45) is 10.7. The lowest BCUT2D eigenvalue weighted by atomic mass is 9.80. The van der Waals surface area contributed by atoms with Crippen molar-refractivity contribution >= 4 is 5.69 Å². The first-order chi connectivity index (χ1) is 14.8. The van der Waals surface area contributed by atoms with Crippen molar-refractivity contribution in [2.24, 2.45) is 0 Å². The third kappa shape index (κ3) is 4.29. The van der Waals surface area contributed by atoms with E-state index in [1.165, 1.54) is 88.7 Å². The van der Waals surface area contributed by atoms with Crippen LogP contribution in [0.2, 0.25) is 0 Å². The fourth-order valence-electron chi connectivity index (χ4n) is 6.02. The number of nitrogen functional groups attached to an aromatic ring is 1. The van der Waals surface area contributed by atoms with Gasteiger partial charge in [-0.25, -0.2) is 0 Å². The summed E-state index contributed by atoms with van der Waals surface area (Å²) in [4.78, 5) is 5.39. The number of hydrogen-bond acceptors (Lipinski definition) is 3. The summed E-state index contributed by atoms with van der Waals surface area (Å²) >= 11 is 0. The Morgan fingerprint density at radius 1 is 0.867 bits per heavy atom. The maximum Gasteiger partial charge on any atom is 0.0352 e. The van der Waals surface area contributed by atoms with E-state index in [-0.39, 0.29) is 0 Å². The van der Waals surface area contributed by atoms with Gasteiger partial charge in [0.15, 0.2) is 0 Å². The molecule has 2 atom stereocenters. The van der Waals surface area contributed by atoms with E-state index in [2.05, 4.69) is 46.2 Å². The Morgan fingerprint density at radius 2 is 1.77 bits per heavy atom. The van der Waals surface area contributed by atoms with Gasteiger partial charge in [-0.05, 0) is 106 Å². The molecule has 2 unspecified atom stereocenters. The van der Waals surface area contributed by atoms with Crippen LogP contribution in [0.4, 0.5) is 5.69 Å². The van der Waals surface area contributed by atoms with Crippen LogP contribution >= 0.6 is 0 Å². The van der Waals surface area contributed by atoms with E-state index in [1.54, 1.807) is 11.1 Å². The van der Waals surface area contributed by atoms with E-state index in [0.29, 0.717) is 12.0 Å². The lowest BCUT2D eigenvalue weighted by molar-refractivity contribution is 0.225. The Bertz CT molecular complexity index is 855. The summed E-state index contributed by atoms with van der Waals surface area (Å²) in [5.74, 6) is 0.450. The molecule has 2 saturated heterocycles. The van der Waals surface area contributed by atoms with Gasteiger partial charge in [-0.15, -0.1) is 0 Å². The van der Waals surface area contributed by atoms with Crippen LogP contribution in [0.1, 0.15) is 79.2 Å². The second-order valence-electron chi connectivity index (χ2n) is 9.70. The molecule has 0 spiro atoms. The fourth-order valence-corrected chi connectivity index (χ4v) is 6.02. The molecule has 2 N–H and O–H groups in total. The molecule has 5 rings (SSSR count). The molecule has 2 aromatic rings. The SMILES string of the molecule is Nc1cccc(C2CN3CCCC3c3cc(CCCCN4CCCCC4)ccc32)c1. The number of fused-ring (bicyclic) bond motifs is 3. The van der Waals surface area contributed by atoms with Crippen LogP contribution < -0.4 is 5.73 Å². The molecule has 160 valence electrons. The smallest absolute Gasteiger partial charge is 0.0352 e. The van der Waals surface area contributed by atoms with Gasteiger partial charge in [0.05, 0.1) is 0 Å².